The average Bonchev–Trinajstić information content (AvgIpc) is 3.38. The fourth-order valence-corrected chi connectivity index (χ4v) is 2.54. The van der Waals surface area contributed by atoms with Gasteiger partial charge < -0.3 is 24.5 Å². The first kappa shape index (κ1) is 18.1. The maximum Gasteiger partial charge on any atom is 0.294 e. The van der Waals surface area contributed by atoms with Gasteiger partial charge in [-0.25, -0.2) is 0 Å². The number of ether oxygens (including phenoxy) is 1. The summed E-state index contributed by atoms with van der Waals surface area (Å²) in [6.45, 7) is 1.52. The van der Waals surface area contributed by atoms with Crippen molar-refractivity contribution in [3.8, 4) is 23.2 Å². The van der Waals surface area contributed by atoms with Crippen LogP contribution in [0.2, 0.25) is 0 Å². The predicted molar refractivity (Wildman–Crippen MR) is 100 cm³/mol. The van der Waals surface area contributed by atoms with Gasteiger partial charge in [-0.15, -0.1) is 0 Å². The van der Waals surface area contributed by atoms with E-state index in [1.54, 1.807) is 6.07 Å². The first-order valence-corrected chi connectivity index (χ1v) is 7.90. The average molecular weight is 368 g/mol. The van der Waals surface area contributed by atoms with Crippen LogP contribution in [0.5, 0.6) is 23.2 Å². The Kier molecular flexibility index (Phi) is 4.60. The minimum atomic E-state index is -0.813. The number of benzene rings is 1. The van der Waals surface area contributed by atoms with Crippen molar-refractivity contribution < 1.29 is 24.5 Å². The molecule has 0 aliphatic rings. The fourth-order valence-electron chi connectivity index (χ4n) is 2.54. The zero-order chi connectivity index (χ0) is 19.7. The van der Waals surface area contributed by atoms with Crippen molar-refractivity contribution in [2.75, 3.05) is 7.11 Å². The summed E-state index contributed by atoms with van der Waals surface area (Å²) in [5.74, 6) is -1.54. The van der Waals surface area contributed by atoms with Crippen molar-refractivity contribution >= 4 is 21.5 Å². The zero-order valence-electron chi connectivity index (χ0n) is 14.5. The highest BCUT2D eigenvalue weighted by atomic mass is 16.5. The molecule has 0 radical (unpaired) electrons. The lowest BCUT2D eigenvalue weighted by molar-refractivity contribution is 0.322. The lowest BCUT2D eigenvalue weighted by atomic mass is 10.1. The van der Waals surface area contributed by atoms with E-state index in [-0.39, 0.29) is 16.9 Å². The van der Waals surface area contributed by atoms with E-state index in [0.717, 1.165) is 12.1 Å². The van der Waals surface area contributed by atoms with Crippen LogP contribution in [-0.2, 0) is 0 Å². The molecule has 0 saturated heterocycles. The molecule has 0 fully saturated rings. The molecule has 0 atom stereocenters. The summed E-state index contributed by atoms with van der Waals surface area (Å²) in [5, 5.41) is 31.1. The van der Waals surface area contributed by atoms with Gasteiger partial charge in [0.15, 0.2) is 11.2 Å². The molecule has 3 N–H and O–H groups in total. The third kappa shape index (κ3) is 3.62. The quantitative estimate of drug-likeness (QED) is 0.604. The Bertz CT molecular complexity index is 1240. The van der Waals surface area contributed by atoms with Crippen LogP contribution in [0, 0.1) is 6.92 Å². The van der Waals surface area contributed by atoms with Crippen LogP contribution in [-0.4, -0.2) is 22.4 Å². The molecule has 1 aromatic heterocycles. The molecule has 0 aliphatic carbocycles. The molecule has 0 spiro atoms. The van der Waals surface area contributed by atoms with Gasteiger partial charge in [-0.05, 0) is 48.0 Å². The van der Waals surface area contributed by atoms with E-state index < -0.39 is 28.3 Å². The Hall–Kier alpha value is -3.74. The number of fused-ring (bicyclic) bond motifs is 3. The molecule has 7 heteroatoms. The van der Waals surface area contributed by atoms with Gasteiger partial charge in [-0.1, -0.05) is 6.07 Å². The molecule has 0 unspecified atom stereocenters. The molecule has 1 heterocycles. The number of methoxy groups -OCH3 is 1. The molecule has 0 bridgehead atoms. The molecular weight excluding hydrogens is 352 g/mol. The number of rotatable bonds is 1. The fraction of sp³-hybridized carbons (Fsp3) is 0.100. The lowest BCUT2D eigenvalue weighted by Crippen LogP contribution is -2.00. The number of hydrogen-bond acceptors (Lipinski definition) is 7. The molecule has 0 amide bonds. The van der Waals surface area contributed by atoms with Crippen LogP contribution in [0.15, 0.2) is 56.5 Å². The van der Waals surface area contributed by atoms with Gasteiger partial charge >= 0.3 is 0 Å². The van der Waals surface area contributed by atoms with Crippen molar-refractivity contribution in [2.45, 2.75) is 6.92 Å². The van der Waals surface area contributed by atoms with Crippen molar-refractivity contribution in [1.29, 1.82) is 0 Å². The molecule has 27 heavy (non-hydrogen) atoms. The number of aromatic hydroxyl groups is 3. The normalized spacial score (nSPS) is 10.6. The second-order valence-corrected chi connectivity index (χ2v) is 5.85. The van der Waals surface area contributed by atoms with Gasteiger partial charge in [0, 0.05) is 11.5 Å². The molecule has 7 nitrogen and oxygen atoms in total. The first-order valence-electron chi connectivity index (χ1n) is 7.90. The summed E-state index contributed by atoms with van der Waals surface area (Å²) in [4.78, 5) is 24.5. The van der Waals surface area contributed by atoms with Crippen LogP contribution in [0.4, 0.5) is 0 Å². The van der Waals surface area contributed by atoms with E-state index in [4.69, 9.17) is 9.15 Å². The minimum Gasteiger partial charge on any atom is -0.504 e. The van der Waals surface area contributed by atoms with Crippen molar-refractivity contribution in [2.24, 2.45) is 0 Å². The SMILES string of the molecule is COc1cc(=O)c2c(O)oc(C)cccc(O)c(O)c(=O)cc3cc3c2c1. The summed E-state index contributed by atoms with van der Waals surface area (Å²) >= 11 is 0. The Morgan fingerprint density at radius 1 is 0.926 bits per heavy atom. The monoisotopic (exact) mass is 368 g/mol. The van der Waals surface area contributed by atoms with Crippen molar-refractivity contribution in [1.82, 2.24) is 0 Å². The van der Waals surface area contributed by atoms with Gasteiger partial charge in [0.25, 0.3) is 5.95 Å². The van der Waals surface area contributed by atoms with Gasteiger partial charge in [-0.3, -0.25) is 9.59 Å². The van der Waals surface area contributed by atoms with Crippen LogP contribution < -0.4 is 15.6 Å². The summed E-state index contributed by atoms with van der Waals surface area (Å²) in [6.07, 6.45) is 0. The van der Waals surface area contributed by atoms with Crippen LogP contribution in [0.3, 0.4) is 0 Å². The number of aryl methyl sites for hydroxylation is 1. The molecule has 0 aliphatic heterocycles. The van der Waals surface area contributed by atoms with E-state index in [2.05, 4.69) is 0 Å². The topological polar surface area (TPSA) is 117 Å². The summed E-state index contributed by atoms with van der Waals surface area (Å²) in [7, 11) is 1.40. The highest BCUT2D eigenvalue weighted by Crippen LogP contribution is 2.33. The van der Waals surface area contributed by atoms with Crippen LogP contribution >= 0.6 is 0 Å². The number of hydrogen-bond donors (Lipinski definition) is 3. The smallest absolute Gasteiger partial charge is 0.294 e. The Morgan fingerprint density at radius 3 is 2.37 bits per heavy atom. The van der Waals surface area contributed by atoms with Gasteiger partial charge in [0.1, 0.15) is 16.9 Å². The molecule has 0 saturated carbocycles. The minimum absolute atomic E-state index is 0.0747. The Labute approximate surface area is 152 Å². The Morgan fingerprint density at radius 2 is 1.67 bits per heavy atom. The molecule has 3 rings (SSSR count). The summed E-state index contributed by atoms with van der Waals surface area (Å²) in [5.41, 5.74) is -1.32. The summed E-state index contributed by atoms with van der Waals surface area (Å²) in [6, 6.07) is 9.24. The molecule has 3 aromatic rings. The van der Waals surface area contributed by atoms with E-state index >= 15 is 0 Å². The highest BCUT2D eigenvalue weighted by Gasteiger charge is 2.13. The third-order valence-corrected chi connectivity index (χ3v) is 3.95. The molecular formula is C20H16O7. The molecule has 2 aromatic carbocycles. The maximum atomic E-state index is 12.5. The van der Waals surface area contributed by atoms with Crippen molar-refractivity contribution in [3.63, 3.8) is 0 Å². The summed E-state index contributed by atoms with van der Waals surface area (Å²) < 4.78 is 10.4. The second kappa shape index (κ2) is 6.87. The van der Waals surface area contributed by atoms with Crippen LogP contribution in [0.25, 0.3) is 21.5 Å². The highest BCUT2D eigenvalue weighted by molar-refractivity contribution is 6.15. The van der Waals surface area contributed by atoms with Gasteiger partial charge in [0.05, 0.1) is 7.11 Å². The zero-order valence-corrected chi connectivity index (χ0v) is 14.5. The van der Waals surface area contributed by atoms with E-state index in [1.807, 2.05) is 0 Å². The molecule has 138 valence electrons. The van der Waals surface area contributed by atoms with E-state index in [1.165, 1.54) is 38.3 Å². The first-order chi connectivity index (χ1) is 12.8. The van der Waals surface area contributed by atoms with Crippen molar-refractivity contribution in [3.05, 3.63) is 68.7 Å². The van der Waals surface area contributed by atoms with Gasteiger partial charge in [0.2, 0.25) is 11.2 Å². The largest absolute Gasteiger partial charge is 0.504 e. The van der Waals surface area contributed by atoms with E-state index in [9.17, 15) is 24.9 Å². The van der Waals surface area contributed by atoms with Crippen LogP contribution in [0.1, 0.15) is 5.76 Å². The second-order valence-electron chi connectivity index (χ2n) is 5.85. The lowest BCUT2D eigenvalue weighted by Gasteiger charge is -2.00. The van der Waals surface area contributed by atoms with Gasteiger partial charge in [-0.2, -0.15) is 0 Å². The predicted octanol–water partition coefficient (Wildman–Crippen LogP) is 2.86. The third-order valence-electron chi connectivity index (χ3n) is 3.95. The standard InChI is InChI=1S/C20H16O7/c1-10-4-3-5-15(21)19(24)17(23)7-11-6-13(11)14-8-12(26-2)9-16(22)18(14)20(25)27-10/h3-9,21,24-25H,1-2H3. The van der Waals surface area contributed by atoms with E-state index in [0.29, 0.717) is 16.2 Å². The Balaban J connectivity index is 2.58. The maximum absolute atomic E-state index is 12.5.